The summed E-state index contributed by atoms with van der Waals surface area (Å²) in [6, 6.07) is 7.27. The van der Waals surface area contributed by atoms with Crippen LogP contribution in [0.5, 0.6) is 0 Å². The lowest BCUT2D eigenvalue weighted by Gasteiger charge is -2.09. The van der Waals surface area contributed by atoms with E-state index < -0.39 is 32.2 Å². The second-order valence-corrected chi connectivity index (χ2v) is 6.11. The van der Waals surface area contributed by atoms with E-state index in [0.29, 0.717) is 11.6 Å². The van der Waals surface area contributed by atoms with Gasteiger partial charge in [-0.3, -0.25) is 0 Å². The summed E-state index contributed by atoms with van der Waals surface area (Å²) in [5.41, 5.74) is 0.0427. The fraction of sp³-hybridized carbons (Fsp3) is 0.0769. The van der Waals surface area contributed by atoms with Gasteiger partial charge in [0.15, 0.2) is 17.5 Å². The largest absolute Gasteiger partial charge is 0.218 e. The van der Waals surface area contributed by atoms with E-state index in [0.717, 1.165) is 0 Å². The van der Waals surface area contributed by atoms with Crippen molar-refractivity contribution in [2.24, 2.45) is 0 Å². The number of benzene rings is 2. The normalized spacial score (nSPS) is 15.7. The molecule has 97 valence electrons. The summed E-state index contributed by atoms with van der Waals surface area (Å²) in [7, 11) is -4.05. The predicted octanol–water partition coefficient (Wildman–Crippen LogP) is 2.64. The van der Waals surface area contributed by atoms with Crippen molar-refractivity contribution in [3.8, 4) is 0 Å². The van der Waals surface area contributed by atoms with Crippen LogP contribution in [0.3, 0.4) is 0 Å². The Balaban J connectivity index is 2.46. The first-order valence-corrected chi connectivity index (χ1v) is 6.81. The second kappa shape index (κ2) is 3.84. The first-order chi connectivity index (χ1) is 8.91. The summed E-state index contributed by atoms with van der Waals surface area (Å²) in [5.74, 6) is -4.64. The number of sulfone groups is 1. The van der Waals surface area contributed by atoms with Crippen LogP contribution in [0.2, 0.25) is 0 Å². The third-order valence-corrected chi connectivity index (χ3v) is 4.84. The van der Waals surface area contributed by atoms with Crippen molar-refractivity contribution in [1.29, 1.82) is 0 Å². The van der Waals surface area contributed by atoms with Crippen LogP contribution in [0, 0.1) is 23.5 Å². The Morgan fingerprint density at radius 3 is 2.58 bits per heavy atom. The van der Waals surface area contributed by atoms with Gasteiger partial charge in [-0.15, -0.1) is 0 Å². The van der Waals surface area contributed by atoms with E-state index in [-0.39, 0.29) is 16.9 Å². The van der Waals surface area contributed by atoms with Crippen LogP contribution in [0.4, 0.5) is 13.2 Å². The Kier molecular flexibility index (Phi) is 2.47. The van der Waals surface area contributed by atoms with Crippen molar-refractivity contribution in [3.05, 3.63) is 58.9 Å². The molecule has 0 amide bonds. The van der Waals surface area contributed by atoms with Gasteiger partial charge in [0, 0.05) is 12.0 Å². The Hall–Kier alpha value is -1.82. The van der Waals surface area contributed by atoms with Gasteiger partial charge >= 0.3 is 0 Å². The molecule has 1 aliphatic rings. The molecule has 2 nitrogen and oxygen atoms in total. The molecule has 0 fully saturated rings. The standard InChI is InChI=1S/C13H6F3O2S/c14-10-6-11-9(12(15)13(10)16)5-7-2-1-3-8(4-7)19(11,17)18/h1,3-4,6H,5H2. The zero-order valence-electron chi connectivity index (χ0n) is 9.38. The Morgan fingerprint density at radius 1 is 1.11 bits per heavy atom. The maximum atomic E-state index is 13.8. The van der Waals surface area contributed by atoms with E-state index in [9.17, 15) is 21.6 Å². The molecule has 0 unspecified atom stereocenters. The van der Waals surface area contributed by atoms with Crippen LogP contribution >= 0.6 is 0 Å². The van der Waals surface area contributed by atoms with E-state index >= 15 is 0 Å². The summed E-state index contributed by atoms with van der Waals surface area (Å²) >= 11 is 0. The molecule has 1 aliphatic heterocycles. The van der Waals surface area contributed by atoms with Crippen molar-refractivity contribution in [2.45, 2.75) is 16.2 Å². The highest BCUT2D eigenvalue weighted by Crippen LogP contribution is 2.33. The maximum Gasteiger partial charge on any atom is 0.207 e. The number of rotatable bonds is 0. The predicted molar refractivity (Wildman–Crippen MR) is 59.9 cm³/mol. The van der Waals surface area contributed by atoms with Gasteiger partial charge in [0.1, 0.15) is 0 Å². The summed E-state index contributed by atoms with van der Waals surface area (Å²) in [4.78, 5) is -0.607. The van der Waals surface area contributed by atoms with Crippen molar-refractivity contribution < 1.29 is 21.6 Å². The molecule has 2 aromatic carbocycles. The smallest absolute Gasteiger partial charge is 0.207 e. The van der Waals surface area contributed by atoms with E-state index in [1.165, 1.54) is 18.2 Å². The highest BCUT2D eigenvalue weighted by Gasteiger charge is 2.30. The highest BCUT2D eigenvalue weighted by molar-refractivity contribution is 7.91. The van der Waals surface area contributed by atoms with Gasteiger partial charge < -0.3 is 0 Å². The van der Waals surface area contributed by atoms with Gasteiger partial charge in [0.25, 0.3) is 0 Å². The molecular weight excluding hydrogens is 277 g/mol. The SMILES string of the molecule is O=S1(=O)c2cc[c]c(c2)Cc2c1cc(F)c(F)c2F. The lowest BCUT2D eigenvalue weighted by atomic mass is 10.0. The first kappa shape index (κ1) is 12.2. The Morgan fingerprint density at radius 2 is 1.84 bits per heavy atom. The summed E-state index contributed by atoms with van der Waals surface area (Å²) in [6.45, 7) is 0. The molecule has 0 saturated carbocycles. The topological polar surface area (TPSA) is 34.1 Å². The van der Waals surface area contributed by atoms with Crippen LogP contribution in [0.1, 0.15) is 11.1 Å². The minimum atomic E-state index is -4.05. The van der Waals surface area contributed by atoms with E-state index in [1.54, 1.807) is 0 Å². The molecule has 0 aromatic heterocycles. The van der Waals surface area contributed by atoms with Gasteiger partial charge in [-0.1, -0.05) is 6.07 Å². The lowest BCUT2D eigenvalue weighted by Crippen LogP contribution is -2.08. The lowest BCUT2D eigenvalue weighted by molar-refractivity contribution is 0.436. The van der Waals surface area contributed by atoms with E-state index in [1.807, 2.05) is 0 Å². The van der Waals surface area contributed by atoms with Crippen molar-refractivity contribution >= 4 is 9.84 Å². The van der Waals surface area contributed by atoms with Gasteiger partial charge in [0.2, 0.25) is 9.84 Å². The summed E-state index contributed by atoms with van der Waals surface area (Å²) < 4.78 is 64.7. The molecule has 0 saturated heterocycles. The molecule has 2 bridgehead atoms. The maximum absolute atomic E-state index is 13.8. The van der Waals surface area contributed by atoms with Crippen LogP contribution in [-0.4, -0.2) is 8.42 Å². The number of hydrogen-bond donors (Lipinski definition) is 0. The monoisotopic (exact) mass is 283 g/mol. The molecule has 1 radical (unpaired) electrons. The number of fused-ring (bicyclic) bond motifs is 3. The molecule has 0 atom stereocenters. The molecule has 0 N–H and O–H groups in total. The van der Waals surface area contributed by atoms with Gasteiger partial charge in [-0.2, -0.15) is 0 Å². The highest BCUT2D eigenvalue weighted by atomic mass is 32.2. The molecule has 0 aliphatic carbocycles. The van der Waals surface area contributed by atoms with Crippen molar-refractivity contribution in [3.63, 3.8) is 0 Å². The molecule has 6 heteroatoms. The average Bonchev–Trinajstić information content (AvgIpc) is 2.45. The van der Waals surface area contributed by atoms with Gasteiger partial charge in [-0.25, -0.2) is 21.6 Å². The van der Waals surface area contributed by atoms with Gasteiger partial charge in [0.05, 0.1) is 9.79 Å². The van der Waals surface area contributed by atoms with Crippen LogP contribution in [0.25, 0.3) is 0 Å². The van der Waals surface area contributed by atoms with Gasteiger partial charge in [-0.05, 0) is 29.8 Å². The zero-order valence-corrected chi connectivity index (χ0v) is 10.2. The number of hydrogen-bond acceptors (Lipinski definition) is 2. The fourth-order valence-electron chi connectivity index (χ4n) is 2.09. The molecular formula is C13H6F3O2S. The van der Waals surface area contributed by atoms with Crippen LogP contribution in [0.15, 0.2) is 34.1 Å². The Labute approximate surface area is 107 Å². The zero-order chi connectivity index (χ0) is 13.8. The Bertz CT molecular complexity index is 798. The third kappa shape index (κ3) is 1.67. The fourth-order valence-corrected chi connectivity index (χ4v) is 3.64. The van der Waals surface area contributed by atoms with Crippen molar-refractivity contribution in [2.75, 3.05) is 0 Å². The van der Waals surface area contributed by atoms with Crippen molar-refractivity contribution in [1.82, 2.24) is 0 Å². The first-order valence-electron chi connectivity index (χ1n) is 5.33. The molecule has 19 heavy (non-hydrogen) atoms. The molecule has 3 rings (SSSR count). The van der Waals surface area contributed by atoms with E-state index in [4.69, 9.17) is 0 Å². The quantitative estimate of drug-likeness (QED) is 0.469. The minimum absolute atomic E-state index is 0.0783. The van der Waals surface area contributed by atoms with Crippen LogP contribution < -0.4 is 0 Å². The third-order valence-electron chi connectivity index (χ3n) is 3.02. The van der Waals surface area contributed by atoms with E-state index in [2.05, 4.69) is 6.07 Å². The summed E-state index contributed by atoms with van der Waals surface area (Å²) in [5, 5.41) is 0. The minimum Gasteiger partial charge on any atom is -0.218 e. The molecule has 0 spiro atoms. The summed E-state index contributed by atoms with van der Waals surface area (Å²) in [6.07, 6.45) is -0.147. The molecule has 1 heterocycles. The molecule has 2 aromatic rings. The van der Waals surface area contributed by atoms with Crippen LogP contribution in [-0.2, 0) is 16.3 Å². The average molecular weight is 283 g/mol. The second-order valence-electron chi connectivity index (χ2n) is 4.19. The number of halogens is 3.